The quantitative estimate of drug-likeness (QED) is 0.175. The van der Waals surface area contributed by atoms with Crippen LogP contribution >= 0.6 is 15.6 Å². The van der Waals surface area contributed by atoms with Crippen molar-refractivity contribution in [2.75, 3.05) is 12.3 Å². The molecular formula is C10H10N8O10P2-4. The highest BCUT2D eigenvalue weighted by Gasteiger charge is 2.47. The molecule has 0 saturated carbocycles. The SMILES string of the molecule is [N-]=[N+]=Nc1nc(N)c2ncn([C@@H]3O[C@H](COP(=O)([O-])[O-])[C@@H](OP(=O)([O-])[O-])[C@H]3O)c2n1. The highest BCUT2D eigenvalue weighted by molar-refractivity contribution is 7.43. The van der Waals surface area contributed by atoms with E-state index < -0.39 is 52.7 Å². The first-order valence-corrected chi connectivity index (χ1v) is 10.6. The molecule has 2 aromatic rings. The Morgan fingerprint density at radius 2 is 2.03 bits per heavy atom. The zero-order valence-corrected chi connectivity index (χ0v) is 16.1. The molecule has 4 atom stereocenters. The molecule has 18 nitrogen and oxygen atoms in total. The van der Waals surface area contributed by atoms with Gasteiger partial charge in [0.1, 0.15) is 23.8 Å². The third-order valence-electron chi connectivity index (χ3n) is 3.80. The molecule has 20 heteroatoms. The highest BCUT2D eigenvalue weighted by Crippen LogP contribution is 2.41. The van der Waals surface area contributed by atoms with Crippen LogP contribution in [0.1, 0.15) is 6.23 Å². The van der Waals surface area contributed by atoms with Crippen LogP contribution < -0.4 is 25.3 Å². The van der Waals surface area contributed by atoms with Crippen molar-refractivity contribution < 1.29 is 47.6 Å². The molecule has 0 bridgehead atoms. The van der Waals surface area contributed by atoms with Crippen LogP contribution in [0.15, 0.2) is 11.4 Å². The van der Waals surface area contributed by atoms with Gasteiger partial charge in [-0.1, -0.05) is 0 Å². The Balaban J connectivity index is 2.00. The van der Waals surface area contributed by atoms with Crippen molar-refractivity contribution in [3.63, 3.8) is 0 Å². The van der Waals surface area contributed by atoms with Crippen molar-refractivity contribution in [3.8, 4) is 0 Å². The number of imidazole rings is 1. The van der Waals surface area contributed by atoms with E-state index in [9.17, 15) is 33.8 Å². The minimum Gasteiger partial charge on any atom is -0.790 e. The highest BCUT2D eigenvalue weighted by atomic mass is 31.2. The number of nitrogen functional groups attached to an aromatic ring is 1. The van der Waals surface area contributed by atoms with Gasteiger partial charge in [0.05, 0.1) is 28.6 Å². The van der Waals surface area contributed by atoms with Gasteiger partial charge in [-0.25, -0.2) is 15.0 Å². The van der Waals surface area contributed by atoms with E-state index in [0.717, 1.165) is 10.9 Å². The summed E-state index contributed by atoms with van der Waals surface area (Å²) in [6.45, 7) is -1.06. The third-order valence-corrected chi connectivity index (χ3v) is 4.77. The van der Waals surface area contributed by atoms with E-state index in [1.807, 2.05) is 0 Å². The predicted molar refractivity (Wildman–Crippen MR) is 84.5 cm³/mol. The fourth-order valence-electron chi connectivity index (χ4n) is 2.72. The number of anilines is 1. The van der Waals surface area contributed by atoms with E-state index in [1.54, 1.807) is 0 Å². The van der Waals surface area contributed by atoms with Gasteiger partial charge in [0.15, 0.2) is 17.7 Å². The maximum Gasteiger partial charge on any atom is 0.220 e. The topological polar surface area (TPSA) is 293 Å². The van der Waals surface area contributed by atoms with Crippen molar-refractivity contribution in [1.82, 2.24) is 19.5 Å². The second-order valence-electron chi connectivity index (χ2n) is 5.74. The molecule has 1 aliphatic heterocycles. The summed E-state index contributed by atoms with van der Waals surface area (Å²) >= 11 is 0. The number of rotatable bonds is 7. The number of aliphatic hydroxyl groups excluding tert-OH is 1. The summed E-state index contributed by atoms with van der Waals surface area (Å²) < 4.78 is 36.4. The number of hydrogen-bond donors (Lipinski definition) is 2. The lowest BCUT2D eigenvalue weighted by Gasteiger charge is -2.35. The number of phosphoric acid groups is 2. The van der Waals surface area contributed by atoms with Gasteiger partial charge in [0, 0.05) is 4.91 Å². The number of azide groups is 1. The standard InChI is InChI=1S/C10H14N8O10P2/c11-7-4-8(15-10(14-7)16-17-12)18(2-13-4)9-5(19)6(28-30(23,24)25)3(27-9)1-26-29(20,21)22/h2-3,5-6,9,19H,1H2,(H2,11,14,15)(H2,20,21,22)(H2,23,24,25)/p-4/t3-,5-,6-,9-/m1/s1. The van der Waals surface area contributed by atoms with Gasteiger partial charge in [-0.2, -0.15) is 0 Å². The molecule has 0 radical (unpaired) electrons. The lowest BCUT2D eigenvalue weighted by atomic mass is 10.1. The Kier molecular flexibility index (Phi) is 6.10. The summed E-state index contributed by atoms with van der Waals surface area (Å²) in [6, 6.07) is 0. The van der Waals surface area contributed by atoms with Crippen molar-refractivity contribution in [3.05, 3.63) is 16.8 Å². The molecule has 3 heterocycles. The van der Waals surface area contributed by atoms with Crippen molar-refractivity contribution in [1.29, 1.82) is 0 Å². The maximum atomic E-state index is 11.0. The van der Waals surface area contributed by atoms with Gasteiger partial charge in [0.25, 0.3) is 0 Å². The Labute approximate surface area is 165 Å². The number of hydrogen-bond acceptors (Lipinski definition) is 15. The predicted octanol–water partition coefficient (Wildman–Crippen LogP) is -3.33. The fourth-order valence-corrected chi connectivity index (χ4v) is 3.61. The number of aliphatic hydroxyl groups is 1. The molecule has 30 heavy (non-hydrogen) atoms. The summed E-state index contributed by atoms with van der Waals surface area (Å²) in [5, 5.41) is 13.6. The summed E-state index contributed by atoms with van der Waals surface area (Å²) in [4.78, 5) is 57.4. The first kappa shape index (κ1) is 22.5. The number of aromatic nitrogens is 4. The monoisotopic (exact) mass is 464 g/mol. The Bertz CT molecular complexity index is 1090. The fraction of sp³-hybridized carbons (Fsp3) is 0.500. The number of nitrogens with two attached hydrogens (primary N) is 1. The van der Waals surface area contributed by atoms with Crippen molar-refractivity contribution in [2.45, 2.75) is 24.5 Å². The molecule has 2 aromatic heterocycles. The van der Waals surface area contributed by atoms with Crippen LogP contribution in [0.2, 0.25) is 0 Å². The summed E-state index contributed by atoms with van der Waals surface area (Å²) in [7, 11) is -11.2. The molecule has 0 aliphatic carbocycles. The second kappa shape index (κ2) is 8.14. The molecule has 3 N–H and O–H groups in total. The van der Waals surface area contributed by atoms with Crippen LogP contribution in [0.5, 0.6) is 0 Å². The molecule has 0 spiro atoms. The molecule has 1 aliphatic rings. The Morgan fingerprint density at radius 3 is 2.63 bits per heavy atom. The lowest BCUT2D eigenvalue weighted by Crippen LogP contribution is -2.39. The summed E-state index contributed by atoms with van der Waals surface area (Å²) in [5.74, 6) is -0.615. The van der Waals surface area contributed by atoms with E-state index >= 15 is 0 Å². The van der Waals surface area contributed by atoms with Crippen LogP contribution in [0.25, 0.3) is 21.6 Å². The molecule has 1 fully saturated rings. The average molecular weight is 464 g/mol. The van der Waals surface area contributed by atoms with Gasteiger partial charge in [-0.15, -0.1) is 0 Å². The number of nitrogens with zero attached hydrogens (tertiary/aromatic N) is 7. The normalized spacial score (nSPS) is 24.8. The number of phosphoric ester groups is 2. The Morgan fingerprint density at radius 1 is 1.33 bits per heavy atom. The van der Waals surface area contributed by atoms with Gasteiger partial charge in [0.2, 0.25) is 5.95 Å². The molecular weight excluding hydrogens is 454 g/mol. The maximum absolute atomic E-state index is 11.0. The molecule has 0 unspecified atom stereocenters. The minimum atomic E-state index is -5.68. The van der Waals surface area contributed by atoms with Crippen LogP contribution in [0.3, 0.4) is 0 Å². The molecule has 3 rings (SSSR count). The van der Waals surface area contributed by atoms with E-state index in [4.69, 9.17) is 16.0 Å². The third kappa shape index (κ3) is 4.92. The molecule has 164 valence electrons. The molecule has 1 saturated heterocycles. The molecule has 0 aromatic carbocycles. The molecule has 0 amide bonds. The van der Waals surface area contributed by atoms with E-state index in [-0.39, 0.29) is 17.0 Å². The Hall–Kier alpha value is -2.20. The van der Waals surface area contributed by atoms with Crippen LogP contribution in [-0.4, -0.2) is 49.5 Å². The zero-order valence-electron chi connectivity index (χ0n) is 14.3. The van der Waals surface area contributed by atoms with Gasteiger partial charge in [-0.05, 0) is 10.6 Å². The first-order chi connectivity index (χ1) is 13.9. The van der Waals surface area contributed by atoms with Gasteiger partial charge < -0.3 is 53.3 Å². The van der Waals surface area contributed by atoms with Crippen LogP contribution in [-0.2, 0) is 22.9 Å². The van der Waals surface area contributed by atoms with Gasteiger partial charge >= 0.3 is 0 Å². The van der Waals surface area contributed by atoms with E-state index in [0.29, 0.717) is 0 Å². The summed E-state index contributed by atoms with van der Waals surface area (Å²) in [5.41, 5.74) is 14.1. The van der Waals surface area contributed by atoms with E-state index in [2.05, 4.69) is 34.0 Å². The van der Waals surface area contributed by atoms with Crippen molar-refractivity contribution in [2.24, 2.45) is 5.11 Å². The minimum absolute atomic E-state index is 0.0122. The van der Waals surface area contributed by atoms with Gasteiger partial charge in [-0.3, -0.25) is 4.57 Å². The smallest absolute Gasteiger partial charge is 0.220 e. The van der Waals surface area contributed by atoms with Crippen LogP contribution in [0, 0.1) is 0 Å². The van der Waals surface area contributed by atoms with Crippen LogP contribution in [0.4, 0.5) is 11.8 Å². The average Bonchev–Trinajstić information content (AvgIpc) is 3.14. The zero-order chi connectivity index (χ0) is 22.3. The number of ether oxygens (including phenoxy) is 1. The first-order valence-electron chi connectivity index (χ1n) is 7.65. The second-order valence-corrected chi connectivity index (χ2v) is 8.00. The number of fused-ring (bicyclic) bond motifs is 1. The van der Waals surface area contributed by atoms with E-state index in [1.165, 1.54) is 0 Å². The lowest BCUT2D eigenvalue weighted by molar-refractivity contribution is -0.347. The van der Waals surface area contributed by atoms with Crippen molar-refractivity contribution >= 4 is 38.6 Å². The largest absolute Gasteiger partial charge is 0.790 e. The summed E-state index contributed by atoms with van der Waals surface area (Å²) in [6.07, 6.45) is -6.01.